The molecule has 0 heterocycles. The number of carbonyl (C=O) groups excluding carboxylic acids is 1. The number of ether oxygens (including phenoxy) is 1. The summed E-state index contributed by atoms with van der Waals surface area (Å²) in [5.41, 5.74) is 0. The maximum Gasteiger partial charge on any atom is 0.319 e. The van der Waals surface area contributed by atoms with Gasteiger partial charge in [0, 0.05) is 13.1 Å². The van der Waals surface area contributed by atoms with Gasteiger partial charge in [-0.3, -0.25) is 9.69 Å². The molecule has 0 atom stereocenters. The Bertz CT molecular complexity index is 607. The predicted octanol–water partition coefficient (Wildman–Crippen LogP) is 0.348. The fraction of sp³-hybridized carbons (Fsp3) is 0.417. The van der Waals surface area contributed by atoms with Crippen molar-refractivity contribution >= 4 is 16.0 Å². The van der Waals surface area contributed by atoms with Crippen LogP contribution < -0.4 is 4.72 Å². The van der Waals surface area contributed by atoms with E-state index in [1.165, 1.54) is 12.0 Å². The van der Waals surface area contributed by atoms with Gasteiger partial charge in [-0.1, -0.05) is 0 Å². The van der Waals surface area contributed by atoms with Crippen molar-refractivity contribution in [3.8, 4) is 0 Å². The highest BCUT2D eigenvalue weighted by Gasteiger charge is 2.19. The van der Waals surface area contributed by atoms with Gasteiger partial charge in [-0.25, -0.2) is 21.9 Å². The summed E-state index contributed by atoms with van der Waals surface area (Å²) in [5.74, 6) is -2.34. The van der Waals surface area contributed by atoms with Crippen molar-refractivity contribution < 1.29 is 26.7 Å². The predicted molar refractivity (Wildman–Crippen MR) is 71.1 cm³/mol. The van der Waals surface area contributed by atoms with E-state index in [4.69, 9.17) is 0 Å². The zero-order valence-electron chi connectivity index (χ0n) is 11.6. The lowest BCUT2D eigenvalue weighted by Crippen LogP contribution is -2.36. The lowest BCUT2D eigenvalue weighted by Gasteiger charge is -2.15. The van der Waals surface area contributed by atoms with E-state index in [0.29, 0.717) is 6.07 Å². The van der Waals surface area contributed by atoms with Gasteiger partial charge in [0.2, 0.25) is 10.0 Å². The van der Waals surface area contributed by atoms with E-state index in [9.17, 15) is 22.0 Å². The molecule has 0 fully saturated rings. The molecule has 0 aliphatic carbocycles. The molecule has 118 valence electrons. The van der Waals surface area contributed by atoms with Crippen molar-refractivity contribution in [2.75, 3.05) is 33.8 Å². The highest BCUT2D eigenvalue weighted by Crippen LogP contribution is 2.15. The topological polar surface area (TPSA) is 75.7 Å². The molecule has 1 aromatic rings. The number of sulfonamides is 1. The molecule has 6 nitrogen and oxygen atoms in total. The number of methoxy groups -OCH3 is 1. The van der Waals surface area contributed by atoms with Crippen molar-refractivity contribution in [2.24, 2.45) is 0 Å². The van der Waals surface area contributed by atoms with Gasteiger partial charge in [-0.05, 0) is 25.2 Å². The van der Waals surface area contributed by atoms with Gasteiger partial charge in [0.05, 0.1) is 13.7 Å². The van der Waals surface area contributed by atoms with Gasteiger partial charge in [0.25, 0.3) is 0 Å². The Labute approximate surface area is 121 Å². The zero-order valence-corrected chi connectivity index (χ0v) is 12.4. The maximum atomic E-state index is 13.4. The van der Waals surface area contributed by atoms with Crippen LogP contribution in [0.5, 0.6) is 0 Å². The molecule has 1 N–H and O–H groups in total. The molecule has 0 saturated heterocycles. The van der Waals surface area contributed by atoms with Crippen LogP contribution in [0.4, 0.5) is 8.78 Å². The first kappa shape index (κ1) is 17.5. The van der Waals surface area contributed by atoms with Crippen molar-refractivity contribution in [1.29, 1.82) is 0 Å². The number of hydrogen-bond acceptors (Lipinski definition) is 5. The molecule has 0 radical (unpaired) electrons. The molecule has 1 rings (SSSR count). The molecule has 0 aliphatic heterocycles. The molecule has 0 amide bonds. The smallest absolute Gasteiger partial charge is 0.319 e. The molecule has 1 aromatic carbocycles. The largest absolute Gasteiger partial charge is 0.468 e. The Hall–Kier alpha value is -1.58. The third-order valence-electron chi connectivity index (χ3n) is 2.60. The van der Waals surface area contributed by atoms with Crippen molar-refractivity contribution in [3.63, 3.8) is 0 Å². The van der Waals surface area contributed by atoms with E-state index < -0.39 is 32.5 Å². The standard InChI is InChI=1S/C12H16F2N2O4S/c1-16(8-12(17)20-2)6-5-15-21(18,19)11-7-9(13)3-4-10(11)14/h3-4,7,15H,5-6,8H2,1-2H3. The third kappa shape index (κ3) is 5.37. The number of rotatable bonds is 7. The van der Waals surface area contributed by atoms with Gasteiger partial charge in [-0.2, -0.15) is 0 Å². The van der Waals surface area contributed by atoms with Crippen molar-refractivity contribution in [1.82, 2.24) is 9.62 Å². The van der Waals surface area contributed by atoms with Crippen LogP contribution in [0.15, 0.2) is 23.1 Å². The fourth-order valence-electron chi connectivity index (χ4n) is 1.50. The summed E-state index contributed by atoms with van der Waals surface area (Å²) >= 11 is 0. The van der Waals surface area contributed by atoms with Crippen LogP contribution in [0.3, 0.4) is 0 Å². The van der Waals surface area contributed by atoms with Gasteiger partial charge < -0.3 is 4.74 Å². The van der Waals surface area contributed by atoms with E-state index in [1.807, 2.05) is 0 Å². The number of nitrogens with one attached hydrogen (secondary N) is 1. The highest BCUT2D eigenvalue weighted by molar-refractivity contribution is 7.89. The Morgan fingerprint density at radius 1 is 1.38 bits per heavy atom. The molecule has 21 heavy (non-hydrogen) atoms. The van der Waals surface area contributed by atoms with E-state index in [-0.39, 0.29) is 19.6 Å². The molecule has 9 heteroatoms. The molecule has 0 aromatic heterocycles. The lowest BCUT2D eigenvalue weighted by molar-refractivity contribution is -0.141. The summed E-state index contributed by atoms with van der Waals surface area (Å²) in [4.78, 5) is 11.8. The second-order valence-electron chi connectivity index (χ2n) is 4.29. The highest BCUT2D eigenvalue weighted by atomic mass is 32.2. The van der Waals surface area contributed by atoms with Crippen LogP contribution in [0.2, 0.25) is 0 Å². The average molecular weight is 322 g/mol. The Morgan fingerprint density at radius 3 is 2.67 bits per heavy atom. The average Bonchev–Trinajstić information content (AvgIpc) is 2.40. The maximum absolute atomic E-state index is 13.4. The molecule has 0 unspecified atom stereocenters. The SMILES string of the molecule is COC(=O)CN(C)CCNS(=O)(=O)c1cc(F)ccc1F. The summed E-state index contributed by atoms with van der Waals surface area (Å²) in [7, 11) is -1.32. The van der Waals surface area contributed by atoms with Gasteiger partial charge >= 0.3 is 5.97 Å². The van der Waals surface area contributed by atoms with Crippen molar-refractivity contribution in [2.45, 2.75) is 4.90 Å². The number of halogens is 2. The summed E-state index contributed by atoms with van der Waals surface area (Å²) in [5, 5.41) is 0. The number of likely N-dealkylation sites (N-methyl/N-ethyl adjacent to an activating group) is 1. The van der Waals surface area contributed by atoms with Gasteiger partial charge in [0.15, 0.2) is 0 Å². The minimum Gasteiger partial charge on any atom is -0.468 e. The lowest BCUT2D eigenvalue weighted by atomic mass is 10.3. The van der Waals surface area contributed by atoms with Crippen LogP contribution in [-0.4, -0.2) is 53.1 Å². The number of nitrogens with zero attached hydrogens (tertiary/aromatic N) is 1. The van der Waals surface area contributed by atoms with E-state index >= 15 is 0 Å². The normalized spacial score (nSPS) is 11.7. The second kappa shape index (κ2) is 7.43. The first-order valence-electron chi connectivity index (χ1n) is 5.96. The molecule has 0 saturated carbocycles. The Morgan fingerprint density at radius 2 is 2.05 bits per heavy atom. The first-order chi connectivity index (χ1) is 9.76. The number of esters is 1. The zero-order chi connectivity index (χ0) is 16.0. The first-order valence-corrected chi connectivity index (χ1v) is 7.44. The monoisotopic (exact) mass is 322 g/mol. The van der Waals surface area contributed by atoms with E-state index in [0.717, 1.165) is 12.1 Å². The fourth-order valence-corrected chi connectivity index (χ4v) is 2.60. The Kier molecular flexibility index (Phi) is 6.19. The molecule has 0 bridgehead atoms. The van der Waals surface area contributed by atoms with E-state index in [1.54, 1.807) is 7.05 Å². The van der Waals surface area contributed by atoms with Gasteiger partial charge in [-0.15, -0.1) is 0 Å². The molecule has 0 aliphatic rings. The minimum atomic E-state index is -4.15. The van der Waals surface area contributed by atoms with Crippen molar-refractivity contribution in [3.05, 3.63) is 29.8 Å². The summed E-state index contributed by atoms with van der Waals surface area (Å²) in [6.45, 7) is 0.129. The molecule has 0 spiro atoms. The third-order valence-corrected chi connectivity index (χ3v) is 4.07. The minimum absolute atomic E-state index is 0.00739. The van der Waals surface area contributed by atoms with Crippen LogP contribution >= 0.6 is 0 Å². The van der Waals surface area contributed by atoms with E-state index in [2.05, 4.69) is 9.46 Å². The van der Waals surface area contributed by atoms with Crippen LogP contribution in [-0.2, 0) is 19.6 Å². The van der Waals surface area contributed by atoms with Gasteiger partial charge in [0.1, 0.15) is 16.5 Å². The number of benzene rings is 1. The van der Waals surface area contributed by atoms with Crippen LogP contribution in [0, 0.1) is 11.6 Å². The quantitative estimate of drug-likeness (QED) is 0.733. The van der Waals surface area contributed by atoms with Crippen LogP contribution in [0.1, 0.15) is 0 Å². The van der Waals surface area contributed by atoms with Crippen LogP contribution in [0.25, 0.3) is 0 Å². The second-order valence-corrected chi connectivity index (χ2v) is 6.02. The molecular weight excluding hydrogens is 306 g/mol. The number of carbonyl (C=O) groups is 1. The molecular formula is C12H16F2N2O4S. The Balaban J connectivity index is 2.62. The summed E-state index contributed by atoms with van der Waals surface area (Å²) in [6.07, 6.45) is 0. The number of hydrogen-bond donors (Lipinski definition) is 1. The summed E-state index contributed by atoms with van der Waals surface area (Å²) in [6, 6.07) is 2.18. The summed E-state index contributed by atoms with van der Waals surface area (Å²) < 4.78 is 56.7.